The van der Waals surface area contributed by atoms with E-state index in [1.165, 1.54) is 17.6 Å². The molecular weight excluding hydrogens is 476 g/mol. The van der Waals surface area contributed by atoms with Crippen LogP contribution in [0.15, 0.2) is 28.9 Å². The van der Waals surface area contributed by atoms with Crippen molar-refractivity contribution in [3.63, 3.8) is 0 Å². The molecule has 2 N–H and O–H groups in total. The van der Waals surface area contributed by atoms with E-state index in [-0.39, 0.29) is 29.1 Å². The molecule has 37 heavy (non-hydrogen) atoms. The van der Waals surface area contributed by atoms with E-state index in [9.17, 15) is 18.7 Å². The summed E-state index contributed by atoms with van der Waals surface area (Å²) in [4.78, 5) is 13.6. The van der Waals surface area contributed by atoms with Gasteiger partial charge in [0.15, 0.2) is 17.4 Å². The van der Waals surface area contributed by atoms with Crippen molar-refractivity contribution >= 4 is 11.5 Å². The van der Waals surface area contributed by atoms with E-state index >= 15 is 0 Å². The lowest BCUT2D eigenvalue weighted by atomic mass is 9.43. The van der Waals surface area contributed by atoms with Gasteiger partial charge in [-0.25, -0.2) is 19.3 Å². The molecule has 204 valence electrons. The number of carbonyl (C=O) groups is 1. The molecule has 9 unspecified atom stereocenters. The molecular formula is C29H41F2N3O3. The van der Waals surface area contributed by atoms with Crippen LogP contribution in [-0.2, 0) is 9.53 Å². The van der Waals surface area contributed by atoms with Crippen LogP contribution in [0, 0.1) is 40.4 Å². The summed E-state index contributed by atoms with van der Waals surface area (Å²) in [6, 6.07) is -0.941. The second kappa shape index (κ2) is 8.95. The molecule has 0 spiro atoms. The van der Waals surface area contributed by atoms with Gasteiger partial charge in [0.2, 0.25) is 0 Å². The van der Waals surface area contributed by atoms with E-state index in [0.29, 0.717) is 29.4 Å². The molecule has 6 rings (SSSR count). The van der Waals surface area contributed by atoms with Gasteiger partial charge in [-0.3, -0.25) is 4.79 Å². The van der Waals surface area contributed by atoms with Crippen molar-refractivity contribution in [2.24, 2.45) is 45.5 Å². The Morgan fingerprint density at radius 3 is 2.73 bits per heavy atom. The number of hydrogen-bond acceptors (Lipinski definition) is 6. The summed E-state index contributed by atoms with van der Waals surface area (Å²) in [6.45, 7) is 5.15. The maximum atomic E-state index is 14.2. The van der Waals surface area contributed by atoms with Crippen LogP contribution in [-0.4, -0.2) is 53.6 Å². The molecule has 4 fully saturated rings. The molecule has 0 radical (unpaired) electrons. The Morgan fingerprint density at radius 2 is 1.95 bits per heavy atom. The van der Waals surface area contributed by atoms with Gasteiger partial charge in [0, 0.05) is 13.0 Å². The van der Waals surface area contributed by atoms with Gasteiger partial charge in [-0.2, -0.15) is 5.10 Å². The summed E-state index contributed by atoms with van der Waals surface area (Å²) >= 11 is 0. The van der Waals surface area contributed by atoms with Gasteiger partial charge in [0.1, 0.15) is 12.6 Å². The van der Waals surface area contributed by atoms with Crippen LogP contribution in [0.2, 0.25) is 0 Å². The fraction of sp³-hybridized carbons (Fsp3) is 0.793. The predicted molar refractivity (Wildman–Crippen MR) is 136 cm³/mol. The summed E-state index contributed by atoms with van der Waals surface area (Å²) in [6.07, 6.45) is 11.6. The second-order valence-electron chi connectivity index (χ2n) is 13.3. The average molecular weight is 518 g/mol. The first-order chi connectivity index (χ1) is 17.6. The minimum absolute atomic E-state index is 0.0427. The van der Waals surface area contributed by atoms with Crippen molar-refractivity contribution in [3.05, 3.63) is 23.8 Å². The zero-order valence-electron chi connectivity index (χ0n) is 22.3. The number of nitrogens with one attached hydrogen (secondary N) is 1. The zero-order chi connectivity index (χ0) is 26.2. The number of halogens is 2. The summed E-state index contributed by atoms with van der Waals surface area (Å²) < 4.78 is 33.7. The lowest BCUT2D eigenvalue weighted by Crippen LogP contribution is -2.58. The Hall–Kier alpha value is -1.64. The van der Waals surface area contributed by atoms with E-state index in [0.717, 1.165) is 64.0 Å². The first-order valence-corrected chi connectivity index (χ1v) is 14.2. The van der Waals surface area contributed by atoms with Crippen LogP contribution in [0.1, 0.15) is 71.6 Å². The molecule has 0 aromatic heterocycles. The van der Waals surface area contributed by atoms with Crippen molar-refractivity contribution < 1.29 is 23.4 Å². The molecule has 0 aromatic carbocycles. The number of allylic oxidation sites excluding steroid dienone is 2. The van der Waals surface area contributed by atoms with Gasteiger partial charge in [-0.05, 0) is 111 Å². The van der Waals surface area contributed by atoms with Crippen molar-refractivity contribution in [2.45, 2.75) is 83.3 Å². The molecule has 8 heteroatoms. The number of fused-ring (bicyclic) bond motifs is 6. The first-order valence-electron chi connectivity index (χ1n) is 14.2. The highest BCUT2D eigenvalue weighted by Gasteiger charge is 2.63. The summed E-state index contributed by atoms with van der Waals surface area (Å²) in [7, 11) is 1.82. The molecule has 1 heterocycles. The third kappa shape index (κ3) is 3.96. The monoisotopic (exact) mass is 517 g/mol. The van der Waals surface area contributed by atoms with Gasteiger partial charge >= 0.3 is 0 Å². The number of nitrogens with zero attached hydrogens (tertiary/aromatic N) is 2. The fourth-order valence-corrected chi connectivity index (χ4v) is 9.78. The number of rotatable bonds is 5. The molecule has 0 aromatic rings. The number of aliphatic hydroxyl groups is 1. The maximum absolute atomic E-state index is 14.2. The lowest BCUT2D eigenvalue weighted by molar-refractivity contribution is -0.175. The van der Waals surface area contributed by atoms with Crippen LogP contribution < -0.4 is 5.43 Å². The zero-order valence-corrected chi connectivity index (χ0v) is 22.3. The Bertz CT molecular complexity index is 1060. The van der Waals surface area contributed by atoms with Crippen LogP contribution in [0.3, 0.4) is 0 Å². The van der Waals surface area contributed by atoms with Gasteiger partial charge in [0.25, 0.3) is 0 Å². The van der Waals surface area contributed by atoms with Gasteiger partial charge in [-0.15, -0.1) is 0 Å². The molecule has 6 nitrogen and oxygen atoms in total. The summed E-state index contributed by atoms with van der Waals surface area (Å²) in [5.41, 5.74) is 2.78. The largest absolute Gasteiger partial charge is 0.390 e. The number of hydrogen-bond donors (Lipinski definition) is 2. The molecule has 6 aliphatic rings. The van der Waals surface area contributed by atoms with Crippen molar-refractivity contribution in [1.29, 1.82) is 0 Å². The minimum Gasteiger partial charge on any atom is -0.390 e. The fourth-order valence-electron chi connectivity index (χ4n) is 9.78. The van der Waals surface area contributed by atoms with Crippen molar-refractivity contribution in [3.8, 4) is 0 Å². The topological polar surface area (TPSA) is 74.2 Å². The average Bonchev–Trinajstić information content (AvgIpc) is 3.42. The number of hydrazine groups is 1. The predicted octanol–water partition coefficient (Wildman–Crippen LogP) is 4.86. The Morgan fingerprint density at radius 1 is 1.14 bits per heavy atom. The highest BCUT2D eigenvalue weighted by molar-refractivity contribution is 6.03. The van der Waals surface area contributed by atoms with Crippen LogP contribution in [0.4, 0.5) is 8.78 Å². The third-order valence-corrected chi connectivity index (χ3v) is 11.5. The quantitative estimate of drug-likeness (QED) is 0.545. The second-order valence-corrected chi connectivity index (χ2v) is 13.3. The Kier molecular flexibility index (Phi) is 6.20. The smallest absolute Gasteiger partial charge is 0.160 e. The maximum Gasteiger partial charge on any atom is 0.160 e. The SMILES string of the molecule is COCC12CCC(C)(O)CC1CCC1C3CCC(C(=O)CN4N=C5C=CC(F)=C(F)C5N4)C3(C)CCC12. The van der Waals surface area contributed by atoms with E-state index in [1.807, 2.05) is 14.0 Å². The summed E-state index contributed by atoms with van der Waals surface area (Å²) in [5.74, 6) is 0.503. The van der Waals surface area contributed by atoms with Crippen LogP contribution >= 0.6 is 0 Å². The lowest BCUT2D eigenvalue weighted by Gasteiger charge is -2.62. The van der Waals surface area contributed by atoms with E-state index in [4.69, 9.17) is 4.74 Å². The standard InChI is InChI=1S/C29H41F2N3O3/c1-27(36)12-13-29(16-37-3)17(14-27)4-5-18-19-6-7-21(28(19,2)11-10-20(18)29)24(35)15-34-32-23-9-8-22(30)25(31)26(23)33-34/h8-9,17-21,26,33,36H,4-7,10-16H2,1-3H3. The molecule has 0 amide bonds. The first kappa shape index (κ1) is 25.6. The molecule has 1 aliphatic heterocycles. The Balaban J connectivity index is 1.18. The number of ketones is 1. The van der Waals surface area contributed by atoms with E-state index in [2.05, 4.69) is 17.5 Å². The highest BCUT2D eigenvalue weighted by Crippen LogP contribution is 2.68. The van der Waals surface area contributed by atoms with E-state index in [1.54, 1.807) is 0 Å². The molecule has 4 saturated carbocycles. The molecule has 9 atom stereocenters. The van der Waals surface area contributed by atoms with Gasteiger partial charge in [0.05, 0.1) is 17.9 Å². The van der Waals surface area contributed by atoms with Crippen molar-refractivity contribution in [2.75, 3.05) is 20.3 Å². The number of carbonyl (C=O) groups excluding carboxylic acids is 1. The third-order valence-electron chi connectivity index (χ3n) is 11.5. The molecule has 5 aliphatic carbocycles. The number of methoxy groups -OCH3 is 1. The number of ether oxygens (including phenoxy) is 1. The minimum atomic E-state index is -0.941. The molecule has 0 saturated heterocycles. The number of hydrazone groups is 1. The molecule has 0 bridgehead atoms. The summed E-state index contributed by atoms with van der Waals surface area (Å²) in [5, 5.41) is 16.6. The van der Waals surface area contributed by atoms with Gasteiger partial charge in [-0.1, -0.05) is 6.92 Å². The van der Waals surface area contributed by atoms with Crippen molar-refractivity contribution in [1.82, 2.24) is 10.5 Å². The number of Topliss-reactive ketones (excluding diaryl/α,β-unsaturated/α-hetero) is 1. The Labute approximate surface area is 218 Å². The highest BCUT2D eigenvalue weighted by atomic mass is 19.2. The van der Waals surface area contributed by atoms with E-state index < -0.39 is 23.3 Å². The van der Waals surface area contributed by atoms with Crippen LogP contribution in [0.25, 0.3) is 0 Å². The normalized spacial score (nSPS) is 46.8. The van der Waals surface area contributed by atoms with Crippen LogP contribution in [0.5, 0.6) is 0 Å². The van der Waals surface area contributed by atoms with Gasteiger partial charge < -0.3 is 9.84 Å².